The van der Waals surface area contributed by atoms with Crippen LogP contribution in [0.4, 0.5) is 5.82 Å². The van der Waals surface area contributed by atoms with Crippen LogP contribution in [0.15, 0.2) is 22.9 Å². The van der Waals surface area contributed by atoms with E-state index in [0.29, 0.717) is 5.02 Å². The van der Waals surface area contributed by atoms with Crippen molar-refractivity contribution in [3.05, 3.63) is 28.0 Å². The Kier molecular flexibility index (Phi) is 3.39. The van der Waals surface area contributed by atoms with Gasteiger partial charge in [0.1, 0.15) is 12.1 Å². The van der Waals surface area contributed by atoms with E-state index in [9.17, 15) is 0 Å². The highest BCUT2D eigenvalue weighted by molar-refractivity contribution is 9.10. The van der Waals surface area contributed by atoms with Gasteiger partial charge in [-0.05, 0) is 47.3 Å². The van der Waals surface area contributed by atoms with Crippen LogP contribution in [0, 0.1) is 0 Å². The smallest absolute Gasteiger partial charge is 0.139 e. The zero-order chi connectivity index (χ0) is 12.5. The molecule has 0 bridgehead atoms. The number of hydrogen-bond acceptors (Lipinski definition) is 3. The summed E-state index contributed by atoms with van der Waals surface area (Å²) >= 11 is 9.57. The summed E-state index contributed by atoms with van der Waals surface area (Å²) < 4.78 is 0.893. The molecule has 2 aromatic rings. The van der Waals surface area contributed by atoms with Crippen LogP contribution in [0.2, 0.25) is 5.02 Å². The van der Waals surface area contributed by atoms with Crippen LogP contribution in [0.3, 0.4) is 0 Å². The molecule has 3 rings (SSSR count). The van der Waals surface area contributed by atoms with Crippen molar-refractivity contribution in [1.82, 2.24) is 9.97 Å². The molecule has 0 aliphatic carbocycles. The van der Waals surface area contributed by atoms with Gasteiger partial charge >= 0.3 is 0 Å². The molecule has 0 unspecified atom stereocenters. The zero-order valence-electron chi connectivity index (χ0n) is 9.87. The van der Waals surface area contributed by atoms with Crippen LogP contribution in [-0.4, -0.2) is 23.1 Å². The van der Waals surface area contributed by atoms with E-state index in [4.69, 9.17) is 11.6 Å². The third kappa shape index (κ3) is 2.19. The third-order valence-corrected chi connectivity index (χ3v) is 4.51. The molecule has 0 radical (unpaired) electrons. The molecule has 1 aliphatic rings. The molecule has 0 saturated carbocycles. The van der Waals surface area contributed by atoms with Crippen molar-refractivity contribution in [2.75, 3.05) is 18.0 Å². The minimum absolute atomic E-state index is 0.686. The van der Waals surface area contributed by atoms with Crippen molar-refractivity contribution >= 4 is 44.3 Å². The lowest BCUT2D eigenvalue weighted by atomic mass is 10.1. The van der Waals surface area contributed by atoms with Crippen molar-refractivity contribution in [1.29, 1.82) is 0 Å². The number of aromatic nitrogens is 2. The van der Waals surface area contributed by atoms with Gasteiger partial charge in [0.2, 0.25) is 0 Å². The van der Waals surface area contributed by atoms with Crippen LogP contribution < -0.4 is 4.90 Å². The number of rotatable bonds is 1. The van der Waals surface area contributed by atoms with E-state index in [-0.39, 0.29) is 0 Å². The van der Waals surface area contributed by atoms with E-state index in [0.717, 1.165) is 34.3 Å². The SMILES string of the molecule is Clc1cc2ncnc(N3CCCCC3)c2cc1Br. The van der Waals surface area contributed by atoms with E-state index in [1.807, 2.05) is 12.1 Å². The van der Waals surface area contributed by atoms with Crippen molar-refractivity contribution in [3.8, 4) is 0 Å². The third-order valence-electron chi connectivity index (χ3n) is 3.31. The van der Waals surface area contributed by atoms with E-state index in [1.165, 1.54) is 19.3 Å². The van der Waals surface area contributed by atoms with Gasteiger partial charge < -0.3 is 4.90 Å². The van der Waals surface area contributed by atoms with Gasteiger partial charge in [-0.3, -0.25) is 0 Å². The monoisotopic (exact) mass is 325 g/mol. The number of anilines is 1. The minimum atomic E-state index is 0.686. The second kappa shape index (κ2) is 5.02. The summed E-state index contributed by atoms with van der Waals surface area (Å²) in [5.41, 5.74) is 0.902. The van der Waals surface area contributed by atoms with Crippen molar-refractivity contribution in [2.45, 2.75) is 19.3 Å². The summed E-state index contributed by atoms with van der Waals surface area (Å²) in [5, 5.41) is 1.75. The summed E-state index contributed by atoms with van der Waals surface area (Å²) in [5.74, 6) is 1.03. The van der Waals surface area contributed by atoms with Crippen LogP contribution >= 0.6 is 27.5 Å². The molecule has 1 aromatic carbocycles. The number of benzene rings is 1. The highest BCUT2D eigenvalue weighted by Gasteiger charge is 2.16. The molecule has 2 heterocycles. The number of halogens is 2. The molecular formula is C13H13BrClN3. The molecule has 0 N–H and O–H groups in total. The van der Waals surface area contributed by atoms with Crippen molar-refractivity contribution < 1.29 is 0 Å². The maximum Gasteiger partial charge on any atom is 0.139 e. The first-order valence-corrected chi connectivity index (χ1v) is 7.27. The Bertz CT molecular complexity index is 582. The van der Waals surface area contributed by atoms with Gasteiger partial charge in [0.15, 0.2) is 0 Å². The lowest BCUT2D eigenvalue weighted by Crippen LogP contribution is -2.30. The summed E-state index contributed by atoms with van der Waals surface area (Å²) in [7, 11) is 0. The summed E-state index contributed by atoms with van der Waals surface area (Å²) in [6.07, 6.45) is 5.41. The molecule has 1 aromatic heterocycles. The van der Waals surface area contributed by atoms with Gasteiger partial charge in [-0.1, -0.05) is 11.6 Å². The average molecular weight is 327 g/mol. The fraction of sp³-hybridized carbons (Fsp3) is 0.385. The minimum Gasteiger partial charge on any atom is -0.356 e. The molecular weight excluding hydrogens is 314 g/mol. The Labute approximate surface area is 119 Å². The Morgan fingerprint density at radius 1 is 1.11 bits per heavy atom. The summed E-state index contributed by atoms with van der Waals surface area (Å²) in [6.45, 7) is 2.15. The Balaban J connectivity index is 2.13. The number of hydrogen-bond donors (Lipinski definition) is 0. The van der Waals surface area contributed by atoms with Gasteiger partial charge in [-0.15, -0.1) is 0 Å². The van der Waals surface area contributed by atoms with Crippen LogP contribution in [0.25, 0.3) is 10.9 Å². The van der Waals surface area contributed by atoms with Crippen LogP contribution in [0.5, 0.6) is 0 Å². The fourth-order valence-electron chi connectivity index (χ4n) is 2.40. The summed E-state index contributed by atoms with van der Waals surface area (Å²) in [6, 6.07) is 3.90. The standard InChI is InChI=1S/C13H13BrClN3/c14-10-6-9-12(7-11(10)15)16-8-17-13(9)18-4-2-1-3-5-18/h6-8H,1-5H2. The molecule has 1 saturated heterocycles. The summed E-state index contributed by atoms with van der Waals surface area (Å²) in [4.78, 5) is 11.1. The maximum atomic E-state index is 6.10. The van der Waals surface area contributed by atoms with E-state index < -0.39 is 0 Å². The molecule has 0 atom stereocenters. The highest BCUT2D eigenvalue weighted by Crippen LogP contribution is 2.32. The van der Waals surface area contributed by atoms with Gasteiger partial charge in [0, 0.05) is 22.9 Å². The van der Waals surface area contributed by atoms with E-state index in [1.54, 1.807) is 6.33 Å². The first kappa shape index (κ1) is 12.2. The first-order chi connectivity index (χ1) is 8.75. The number of nitrogens with zero attached hydrogens (tertiary/aromatic N) is 3. The molecule has 0 spiro atoms. The number of fused-ring (bicyclic) bond motifs is 1. The molecule has 94 valence electrons. The second-order valence-corrected chi connectivity index (χ2v) is 5.79. The van der Waals surface area contributed by atoms with E-state index in [2.05, 4.69) is 30.8 Å². The fourth-order valence-corrected chi connectivity index (χ4v) is 2.90. The van der Waals surface area contributed by atoms with Crippen LogP contribution in [0.1, 0.15) is 19.3 Å². The van der Waals surface area contributed by atoms with Crippen LogP contribution in [-0.2, 0) is 0 Å². The molecule has 5 heteroatoms. The van der Waals surface area contributed by atoms with Gasteiger partial charge in [-0.25, -0.2) is 9.97 Å². The second-order valence-electron chi connectivity index (χ2n) is 4.53. The van der Waals surface area contributed by atoms with Gasteiger partial charge in [0.05, 0.1) is 10.5 Å². The van der Waals surface area contributed by atoms with E-state index >= 15 is 0 Å². The van der Waals surface area contributed by atoms with Crippen molar-refractivity contribution in [3.63, 3.8) is 0 Å². The zero-order valence-corrected chi connectivity index (χ0v) is 12.2. The average Bonchev–Trinajstić information content (AvgIpc) is 2.40. The number of piperidine rings is 1. The quantitative estimate of drug-likeness (QED) is 0.792. The normalized spacial score (nSPS) is 16.2. The lowest BCUT2D eigenvalue weighted by Gasteiger charge is -2.28. The highest BCUT2D eigenvalue weighted by atomic mass is 79.9. The Morgan fingerprint density at radius 3 is 2.67 bits per heavy atom. The van der Waals surface area contributed by atoms with Gasteiger partial charge in [-0.2, -0.15) is 0 Å². The first-order valence-electron chi connectivity index (χ1n) is 6.10. The molecule has 18 heavy (non-hydrogen) atoms. The molecule has 1 aliphatic heterocycles. The van der Waals surface area contributed by atoms with Crippen molar-refractivity contribution in [2.24, 2.45) is 0 Å². The largest absolute Gasteiger partial charge is 0.356 e. The Hall–Kier alpha value is -0.870. The molecule has 3 nitrogen and oxygen atoms in total. The topological polar surface area (TPSA) is 29.0 Å². The lowest BCUT2D eigenvalue weighted by molar-refractivity contribution is 0.574. The Morgan fingerprint density at radius 2 is 1.89 bits per heavy atom. The van der Waals surface area contributed by atoms with Gasteiger partial charge in [0.25, 0.3) is 0 Å². The predicted octanol–water partition coefficient (Wildman–Crippen LogP) is 4.04. The molecule has 0 amide bonds. The maximum absolute atomic E-state index is 6.10. The predicted molar refractivity (Wildman–Crippen MR) is 78.3 cm³/mol. The molecule has 1 fully saturated rings.